The van der Waals surface area contributed by atoms with Gasteiger partial charge < -0.3 is 15.7 Å². The number of carbonyl (C=O) groups is 2. The second kappa shape index (κ2) is 6.11. The Balaban J connectivity index is 1.90. The summed E-state index contributed by atoms with van der Waals surface area (Å²) in [6.07, 6.45) is 1.94. The zero-order valence-electron chi connectivity index (χ0n) is 11.9. The number of carboxylic acid groups (broad SMARTS) is 1. The molecule has 21 heavy (non-hydrogen) atoms. The van der Waals surface area contributed by atoms with Gasteiger partial charge in [-0.05, 0) is 25.8 Å². The van der Waals surface area contributed by atoms with Crippen LogP contribution in [0.3, 0.4) is 0 Å². The van der Waals surface area contributed by atoms with E-state index in [0.717, 1.165) is 6.42 Å². The number of carboxylic acids is 1. The highest BCUT2D eigenvalue weighted by Gasteiger charge is 2.45. The molecule has 1 aromatic carbocycles. The molecule has 1 aliphatic rings. The number of aliphatic carboxylic acids is 1. The number of hydrogen-bond acceptors (Lipinski definition) is 2. The Kier molecular flexibility index (Phi) is 4.45. The highest BCUT2D eigenvalue weighted by Crippen LogP contribution is 2.38. The van der Waals surface area contributed by atoms with E-state index in [-0.39, 0.29) is 12.4 Å². The zero-order chi connectivity index (χ0) is 15.5. The molecule has 0 bridgehead atoms. The molecule has 1 aliphatic carbocycles. The Labute approximate surface area is 122 Å². The minimum atomic E-state index is -0.935. The number of carbonyl (C=O) groups excluding carboxylic acids is 1. The van der Waals surface area contributed by atoms with Crippen molar-refractivity contribution in [2.24, 2.45) is 5.41 Å². The quantitative estimate of drug-likeness (QED) is 0.797. The molecular formula is C15H19FN2O3. The smallest absolute Gasteiger partial charge is 0.315 e. The van der Waals surface area contributed by atoms with E-state index >= 15 is 0 Å². The molecule has 1 aromatic rings. The molecule has 6 heteroatoms. The van der Waals surface area contributed by atoms with Crippen LogP contribution in [0.2, 0.25) is 0 Å². The summed E-state index contributed by atoms with van der Waals surface area (Å²) in [5.74, 6) is -1.28. The lowest BCUT2D eigenvalue weighted by Crippen LogP contribution is -2.50. The van der Waals surface area contributed by atoms with E-state index < -0.39 is 23.5 Å². The Morgan fingerprint density at radius 1 is 1.43 bits per heavy atom. The van der Waals surface area contributed by atoms with Crippen molar-refractivity contribution in [3.05, 3.63) is 35.6 Å². The van der Waals surface area contributed by atoms with Gasteiger partial charge in [-0.1, -0.05) is 24.6 Å². The summed E-state index contributed by atoms with van der Waals surface area (Å²) >= 11 is 0. The maximum atomic E-state index is 13.4. The van der Waals surface area contributed by atoms with E-state index in [1.54, 1.807) is 25.1 Å². The van der Waals surface area contributed by atoms with Crippen molar-refractivity contribution >= 4 is 12.0 Å². The lowest BCUT2D eigenvalue weighted by molar-refractivity contribution is -0.148. The first-order chi connectivity index (χ1) is 9.93. The van der Waals surface area contributed by atoms with Crippen molar-refractivity contribution in [3.63, 3.8) is 0 Å². The van der Waals surface area contributed by atoms with Crippen LogP contribution >= 0.6 is 0 Å². The van der Waals surface area contributed by atoms with Crippen LogP contribution in [0.5, 0.6) is 0 Å². The minimum Gasteiger partial charge on any atom is -0.481 e. The van der Waals surface area contributed by atoms with Gasteiger partial charge in [0.05, 0.1) is 5.41 Å². The molecule has 2 unspecified atom stereocenters. The van der Waals surface area contributed by atoms with Crippen LogP contribution in [0, 0.1) is 11.2 Å². The molecule has 0 radical (unpaired) electrons. The summed E-state index contributed by atoms with van der Waals surface area (Å²) in [6.45, 7) is 1.71. The lowest BCUT2D eigenvalue weighted by Gasteiger charge is -2.27. The van der Waals surface area contributed by atoms with Gasteiger partial charge in [-0.25, -0.2) is 9.18 Å². The van der Waals surface area contributed by atoms with Gasteiger partial charge >= 0.3 is 12.0 Å². The largest absolute Gasteiger partial charge is 0.481 e. The van der Waals surface area contributed by atoms with E-state index in [0.29, 0.717) is 18.4 Å². The van der Waals surface area contributed by atoms with Gasteiger partial charge in [0.1, 0.15) is 5.82 Å². The normalized spacial score (nSPS) is 24.6. The molecule has 1 saturated carbocycles. The Bertz CT molecular complexity index is 549. The average Bonchev–Trinajstić information content (AvgIpc) is 2.81. The van der Waals surface area contributed by atoms with Crippen LogP contribution in [-0.2, 0) is 11.3 Å². The third-order valence-electron chi connectivity index (χ3n) is 4.15. The number of amides is 2. The summed E-state index contributed by atoms with van der Waals surface area (Å²) in [5, 5.41) is 14.5. The van der Waals surface area contributed by atoms with Gasteiger partial charge in [-0.3, -0.25) is 4.79 Å². The summed E-state index contributed by atoms with van der Waals surface area (Å²) in [7, 11) is 0. The monoisotopic (exact) mass is 294 g/mol. The van der Waals surface area contributed by atoms with E-state index in [4.69, 9.17) is 0 Å². The summed E-state index contributed by atoms with van der Waals surface area (Å²) in [4.78, 5) is 23.2. The summed E-state index contributed by atoms with van der Waals surface area (Å²) < 4.78 is 13.4. The number of halogens is 1. The first kappa shape index (κ1) is 15.3. The Morgan fingerprint density at radius 2 is 2.14 bits per heavy atom. The number of rotatable bonds is 4. The fourth-order valence-corrected chi connectivity index (χ4v) is 2.68. The van der Waals surface area contributed by atoms with Gasteiger partial charge in [0.2, 0.25) is 0 Å². The molecule has 2 atom stereocenters. The molecule has 2 rings (SSSR count). The maximum absolute atomic E-state index is 13.4. The summed E-state index contributed by atoms with van der Waals surface area (Å²) in [5.41, 5.74) is -0.546. The molecule has 0 aliphatic heterocycles. The number of hydrogen-bond donors (Lipinski definition) is 3. The maximum Gasteiger partial charge on any atom is 0.315 e. The van der Waals surface area contributed by atoms with Gasteiger partial charge in [0.15, 0.2) is 0 Å². The van der Waals surface area contributed by atoms with Crippen LogP contribution in [-0.4, -0.2) is 23.1 Å². The van der Waals surface area contributed by atoms with Crippen LogP contribution in [0.25, 0.3) is 0 Å². The van der Waals surface area contributed by atoms with Gasteiger partial charge in [0, 0.05) is 18.2 Å². The molecule has 3 N–H and O–H groups in total. The first-order valence-corrected chi connectivity index (χ1v) is 6.94. The molecule has 114 valence electrons. The summed E-state index contributed by atoms with van der Waals surface area (Å²) in [6, 6.07) is 5.31. The second-order valence-electron chi connectivity index (χ2n) is 5.59. The molecular weight excluding hydrogens is 275 g/mol. The Hall–Kier alpha value is -2.11. The Morgan fingerprint density at radius 3 is 2.81 bits per heavy atom. The van der Waals surface area contributed by atoms with E-state index in [1.165, 1.54) is 6.07 Å². The van der Waals surface area contributed by atoms with Crippen LogP contribution in [0.15, 0.2) is 24.3 Å². The van der Waals surface area contributed by atoms with Crippen molar-refractivity contribution in [2.45, 2.75) is 38.8 Å². The molecule has 0 spiro atoms. The van der Waals surface area contributed by atoms with E-state index in [1.807, 2.05) is 0 Å². The van der Waals surface area contributed by atoms with Gasteiger partial charge in [0.25, 0.3) is 0 Å². The number of benzene rings is 1. The second-order valence-corrected chi connectivity index (χ2v) is 5.59. The topological polar surface area (TPSA) is 78.4 Å². The van der Waals surface area contributed by atoms with Crippen LogP contribution in [0.4, 0.5) is 9.18 Å². The molecule has 0 heterocycles. The van der Waals surface area contributed by atoms with Crippen molar-refractivity contribution in [3.8, 4) is 0 Å². The van der Waals surface area contributed by atoms with Crippen molar-refractivity contribution in [1.82, 2.24) is 10.6 Å². The van der Waals surface area contributed by atoms with Crippen molar-refractivity contribution in [1.29, 1.82) is 0 Å². The first-order valence-electron chi connectivity index (χ1n) is 6.94. The molecule has 0 aromatic heterocycles. The van der Waals surface area contributed by atoms with Crippen molar-refractivity contribution < 1.29 is 19.1 Å². The molecule has 2 amide bonds. The average molecular weight is 294 g/mol. The number of urea groups is 1. The molecule has 0 saturated heterocycles. The van der Waals surface area contributed by atoms with E-state index in [2.05, 4.69) is 10.6 Å². The van der Waals surface area contributed by atoms with Crippen LogP contribution < -0.4 is 10.6 Å². The van der Waals surface area contributed by atoms with Gasteiger partial charge in [-0.15, -0.1) is 0 Å². The SMILES string of the molecule is CC1(C(=O)O)CCCC1NC(=O)NCc1ccccc1F. The minimum absolute atomic E-state index is 0.0645. The van der Waals surface area contributed by atoms with Crippen molar-refractivity contribution in [2.75, 3.05) is 0 Å². The third-order valence-corrected chi connectivity index (χ3v) is 4.15. The highest BCUT2D eigenvalue weighted by molar-refractivity contribution is 5.79. The third kappa shape index (κ3) is 3.32. The predicted molar refractivity (Wildman–Crippen MR) is 75.2 cm³/mol. The molecule has 1 fully saturated rings. The van der Waals surface area contributed by atoms with E-state index in [9.17, 15) is 19.1 Å². The van der Waals surface area contributed by atoms with Crippen LogP contribution in [0.1, 0.15) is 31.7 Å². The zero-order valence-corrected chi connectivity index (χ0v) is 11.9. The number of nitrogens with one attached hydrogen (secondary N) is 2. The standard InChI is InChI=1S/C15H19FN2O3/c1-15(13(19)20)8-4-7-12(15)18-14(21)17-9-10-5-2-3-6-11(10)16/h2-3,5-6,12H,4,7-9H2,1H3,(H,19,20)(H2,17,18,21). The molecule has 5 nitrogen and oxygen atoms in total. The fraction of sp³-hybridized carbons (Fsp3) is 0.467. The lowest BCUT2D eigenvalue weighted by atomic mass is 9.85. The highest BCUT2D eigenvalue weighted by atomic mass is 19.1. The fourth-order valence-electron chi connectivity index (χ4n) is 2.68. The van der Waals surface area contributed by atoms with Gasteiger partial charge in [-0.2, -0.15) is 0 Å². The predicted octanol–water partition coefficient (Wildman–Crippen LogP) is 2.27.